The van der Waals surface area contributed by atoms with Crippen LogP contribution in [0, 0.1) is 0 Å². The van der Waals surface area contributed by atoms with Crippen molar-refractivity contribution in [1.29, 1.82) is 0 Å². The first-order valence-corrected chi connectivity index (χ1v) is 6.65. The lowest BCUT2D eigenvalue weighted by Crippen LogP contribution is -2.49. The molecular weight excluding hydrogens is 288 g/mol. The van der Waals surface area contributed by atoms with Crippen LogP contribution in [0.2, 0.25) is 0 Å². The van der Waals surface area contributed by atoms with E-state index in [1.165, 1.54) is 19.2 Å². The van der Waals surface area contributed by atoms with Crippen molar-refractivity contribution in [2.24, 2.45) is 0 Å². The molecule has 3 amide bonds. The molecule has 120 valence electrons. The highest BCUT2D eigenvalue weighted by Crippen LogP contribution is 2.18. The lowest BCUT2D eigenvalue weighted by molar-refractivity contribution is -0.122. The number of hydrogen-bond donors (Lipinski definition) is 2. The Hall–Kier alpha value is -2.57. The van der Waals surface area contributed by atoms with Gasteiger partial charge in [0.05, 0.1) is 7.11 Å². The van der Waals surface area contributed by atoms with Gasteiger partial charge in [-0.05, 0) is 32.9 Å². The third-order valence-corrected chi connectivity index (χ3v) is 2.39. The van der Waals surface area contributed by atoms with E-state index in [-0.39, 0.29) is 11.3 Å². The highest BCUT2D eigenvalue weighted by atomic mass is 16.5. The summed E-state index contributed by atoms with van der Waals surface area (Å²) in [6.45, 7) is 4.98. The van der Waals surface area contributed by atoms with Gasteiger partial charge < -0.3 is 14.8 Å². The summed E-state index contributed by atoms with van der Waals surface area (Å²) in [5.74, 6) is -0.983. The lowest BCUT2D eigenvalue weighted by atomic mass is 10.1. The molecule has 22 heavy (non-hydrogen) atoms. The summed E-state index contributed by atoms with van der Waals surface area (Å²) in [6, 6.07) is 5.75. The van der Waals surface area contributed by atoms with E-state index in [2.05, 4.69) is 15.4 Å². The molecule has 1 rings (SSSR count). The fourth-order valence-corrected chi connectivity index (χ4v) is 1.55. The number of nitrogens with one attached hydrogen (secondary N) is 2. The smallest absolute Gasteiger partial charge is 0.341 e. The van der Waals surface area contributed by atoms with Crippen LogP contribution in [0.1, 0.15) is 31.1 Å². The quantitative estimate of drug-likeness (QED) is 0.822. The molecule has 0 spiro atoms. The molecule has 0 atom stereocenters. The van der Waals surface area contributed by atoms with Crippen molar-refractivity contribution in [2.45, 2.75) is 26.3 Å². The van der Waals surface area contributed by atoms with Crippen molar-refractivity contribution >= 4 is 17.9 Å². The molecule has 0 fully saturated rings. The number of carbonyl (C=O) groups is 3. The van der Waals surface area contributed by atoms with Crippen LogP contribution in [0.15, 0.2) is 24.3 Å². The van der Waals surface area contributed by atoms with Gasteiger partial charge in [0.2, 0.25) is 0 Å². The molecular formula is C15H20N2O5. The number of methoxy groups -OCH3 is 1. The number of para-hydroxylation sites is 1. The second-order valence-corrected chi connectivity index (χ2v) is 5.53. The Kier molecular flexibility index (Phi) is 5.91. The van der Waals surface area contributed by atoms with E-state index in [0.717, 1.165) is 0 Å². The van der Waals surface area contributed by atoms with E-state index in [4.69, 9.17) is 4.74 Å². The summed E-state index contributed by atoms with van der Waals surface area (Å²) in [5, 5.41) is 4.73. The third kappa shape index (κ3) is 5.82. The first-order valence-electron chi connectivity index (χ1n) is 6.65. The minimum atomic E-state index is -0.624. The van der Waals surface area contributed by atoms with Gasteiger partial charge in [0.1, 0.15) is 11.3 Å². The van der Waals surface area contributed by atoms with Gasteiger partial charge in [-0.2, -0.15) is 0 Å². The monoisotopic (exact) mass is 308 g/mol. The fraction of sp³-hybridized carbons (Fsp3) is 0.400. The molecule has 0 heterocycles. The molecule has 0 aliphatic rings. The first-order chi connectivity index (χ1) is 10.2. The normalized spacial score (nSPS) is 10.5. The van der Waals surface area contributed by atoms with Gasteiger partial charge >= 0.3 is 12.0 Å². The van der Waals surface area contributed by atoms with Crippen molar-refractivity contribution in [3.8, 4) is 5.75 Å². The second-order valence-electron chi connectivity index (χ2n) is 5.53. The van der Waals surface area contributed by atoms with Gasteiger partial charge in [0, 0.05) is 5.54 Å². The number of hydrogen-bond acceptors (Lipinski definition) is 5. The van der Waals surface area contributed by atoms with Gasteiger partial charge in [-0.1, -0.05) is 12.1 Å². The molecule has 0 aromatic heterocycles. The molecule has 1 aromatic rings. The minimum Gasteiger partial charge on any atom is -0.483 e. The number of esters is 1. The predicted molar refractivity (Wildman–Crippen MR) is 79.7 cm³/mol. The van der Waals surface area contributed by atoms with Crippen LogP contribution in [0.4, 0.5) is 4.79 Å². The van der Waals surface area contributed by atoms with Crippen molar-refractivity contribution in [2.75, 3.05) is 13.7 Å². The summed E-state index contributed by atoms with van der Waals surface area (Å²) in [4.78, 5) is 34.7. The fourth-order valence-electron chi connectivity index (χ4n) is 1.55. The Balaban J connectivity index is 2.58. The molecule has 7 heteroatoms. The van der Waals surface area contributed by atoms with E-state index in [9.17, 15) is 14.4 Å². The van der Waals surface area contributed by atoms with Crippen molar-refractivity contribution < 1.29 is 23.9 Å². The molecule has 0 saturated carbocycles. The molecule has 0 unspecified atom stereocenters. The topological polar surface area (TPSA) is 93.7 Å². The average Bonchev–Trinajstić information content (AvgIpc) is 2.42. The van der Waals surface area contributed by atoms with Gasteiger partial charge in [-0.25, -0.2) is 9.59 Å². The lowest BCUT2D eigenvalue weighted by Gasteiger charge is -2.20. The summed E-state index contributed by atoms with van der Waals surface area (Å²) in [6.07, 6.45) is 0. The zero-order valence-corrected chi connectivity index (χ0v) is 13.1. The molecule has 7 nitrogen and oxygen atoms in total. The highest BCUT2D eigenvalue weighted by Gasteiger charge is 2.17. The first kappa shape index (κ1) is 17.5. The maximum Gasteiger partial charge on any atom is 0.341 e. The molecule has 0 aliphatic carbocycles. The summed E-state index contributed by atoms with van der Waals surface area (Å²) in [7, 11) is 1.25. The van der Waals surface area contributed by atoms with Crippen molar-refractivity contribution in [3.63, 3.8) is 0 Å². The highest BCUT2D eigenvalue weighted by molar-refractivity contribution is 5.95. The molecule has 2 N–H and O–H groups in total. The molecule has 1 aromatic carbocycles. The number of ether oxygens (including phenoxy) is 2. The number of carbonyl (C=O) groups excluding carboxylic acids is 3. The summed E-state index contributed by atoms with van der Waals surface area (Å²) < 4.78 is 9.88. The number of amides is 3. The van der Waals surface area contributed by atoms with Crippen LogP contribution in [0.25, 0.3) is 0 Å². The van der Waals surface area contributed by atoms with Gasteiger partial charge in [-0.3, -0.25) is 10.1 Å². The van der Waals surface area contributed by atoms with Crippen LogP contribution in [-0.4, -0.2) is 37.2 Å². The van der Waals surface area contributed by atoms with Crippen LogP contribution < -0.4 is 15.4 Å². The van der Waals surface area contributed by atoms with Crippen molar-refractivity contribution in [3.05, 3.63) is 29.8 Å². The largest absolute Gasteiger partial charge is 0.483 e. The average molecular weight is 308 g/mol. The number of rotatable bonds is 4. The Labute approximate surface area is 129 Å². The Morgan fingerprint density at radius 2 is 1.77 bits per heavy atom. The zero-order valence-electron chi connectivity index (χ0n) is 13.1. The number of urea groups is 1. The molecule has 0 radical (unpaired) electrons. The van der Waals surface area contributed by atoms with Crippen LogP contribution in [-0.2, 0) is 9.53 Å². The number of benzene rings is 1. The third-order valence-electron chi connectivity index (χ3n) is 2.39. The number of imide groups is 1. The van der Waals surface area contributed by atoms with Gasteiger partial charge in [0.25, 0.3) is 5.91 Å². The van der Waals surface area contributed by atoms with Crippen molar-refractivity contribution in [1.82, 2.24) is 10.6 Å². The van der Waals surface area contributed by atoms with E-state index in [1.54, 1.807) is 32.9 Å². The Morgan fingerprint density at radius 1 is 1.14 bits per heavy atom. The van der Waals surface area contributed by atoms with E-state index in [1.807, 2.05) is 0 Å². The Bertz CT molecular complexity index is 563. The van der Waals surface area contributed by atoms with E-state index < -0.39 is 30.1 Å². The van der Waals surface area contributed by atoms with Crippen LogP contribution >= 0.6 is 0 Å². The standard InChI is InChI=1S/C15H20N2O5/c1-15(2,3)17-14(20)16-12(18)9-22-11-8-6-5-7-10(11)13(19)21-4/h5-8H,9H2,1-4H3,(H2,16,17,18,20). The zero-order chi connectivity index (χ0) is 16.8. The van der Waals surface area contributed by atoms with Gasteiger partial charge in [-0.15, -0.1) is 0 Å². The van der Waals surface area contributed by atoms with Gasteiger partial charge in [0.15, 0.2) is 6.61 Å². The van der Waals surface area contributed by atoms with Crippen LogP contribution in [0.3, 0.4) is 0 Å². The molecule has 0 bridgehead atoms. The second kappa shape index (κ2) is 7.44. The summed E-state index contributed by atoms with van der Waals surface area (Å²) >= 11 is 0. The Morgan fingerprint density at radius 3 is 2.36 bits per heavy atom. The minimum absolute atomic E-state index is 0.206. The van der Waals surface area contributed by atoms with E-state index in [0.29, 0.717) is 0 Å². The maximum absolute atomic E-state index is 11.7. The van der Waals surface area contributed by atoms with E-state index >= 15 is 0 Å². The maximum atomic E-state index is 11.7. The SMILES string of the molecule is COC(=O)c1ccccc1OCC(=O)NC(=O)NC(C)(C)C. The molecule has 0 saturated heterocycles. The predicted octanol–water partition coefficient (Wildman–Crippen LogP) is 1.48. The molecule has 0 aliphatic heterocycles. The summed E-state index contributed by atoms with van der Waals surface area (Å²) in [5.41, 5.74) is -0.250. The van der Waals surface area contributed by atoms with Crippen LogP contribution in [0.5, 0.6) is 5.75 Å².